The molecule has 3 heteroatoms. The number of para-hydroxylation sites is 1. The maximum absolute atomic E-state index is 4.74. The Labute approximate surface area is 121 Å². The largest absolute Gasteiger partial charge is 0.316 e. The molecular weight excluding hydrogens is 246 g/mol. The average molecular weight is 271 g/mol. The first-order chi connectivity index (χ1) is 9.69. The molecular formula is C17H25N3. The fourth-order valence-electron chi connectivity index (χ4n) is 3.77. The molecule has 3 unspecified atom stereocenters. The first-order valence-corrected chi connectivity index (χ1v) is 7.77. The molecule has 1 saturated carbocycles. The lowest BCUT2D eigenvalue weighted by atomic mass is 9.92. The Morgan fingerprint density at radius 1 is 1.35 bits per heavy atom. The van der Waals surface area contributed by atoms with E-state index in [-0.39, 0.29) is 0 Å². The predicted molar refractivity (Wildman–Crippen MR) is 83.8 cm³/mol. The SMILES string of the molecule is CNC(Cc1nn(C)c2ccccc12)C1CCC(C)C1. The second-order valence-electron chi connectivity index (χ2n) is 6.37. The molecule has 3 nitrogen and oxygen atoms in total. The summed E-state index contributed by atoms with van der Waals surface area (Å²) < 4.78 is 2.01. The van der Waals surface area contributed by atoms with Crippen LogP contribution >= 0.6 is 0 Å². The van der Waals surface area contributed by atoms with Crippen molar-refractivity contribution in [3.05, 3.63) is 30.0 Å². The number of nitrogens with one attached hydrogen (secondary N) is 1. The van der Waals surface area contributed by atoms with Crippen LogP contribution in [0.3, 0.4) is 0 Å². The zero-order valence-electron chi connectivity index (χ0n) is 12.8. The van der Waals surface area contributed by atoms with Crippen LogP contribution in [-0.2, 0) is 13.5 Å². The molecule has 0 amide bonds. The van der Waals surface area contributed by atoms with Crippen LogP contribution in [0.1, 0.15) is 31.9 Å². The lowest BCUT2D eigenvalue weighted by Gasteiger charge is -2.22. The van der Waals surface area contributed by atoms with Crippen LogP contribution in [0, 0.1) is 11.8 Å². The van der Waals surface area contributed by atoms with E-state index in [9.17, 15) is 0 Å². The molecule has 0 radical (unpaired) electrons. The van der Waals surface area contributed by atoms with Crippen molar-refractivity contribution in [3.8, 4) is 0 Å². The van der Waals surface area contributed by atoms with Crippen molar-refractivity contribution in [1.29, 1.82) is 0 Å². The Morgan fingerprint density at radius 2 is 2.15 bits per heavy atom. The highest BCUT2D eigenvalue weighted by atomic mass is 15.3. The van der Waals surface area contributed by atoms with Gasteiger partial charge in [0.2, 0.25) is 0 Å². The summed E-state index contributed by atoms with van der Waals surface area (Å²) >= 11 is 0. The second-order valence-corrected chi connectivity index (χ2v) is 6.37. The van der Waals surface area contributed by atoms with Crippen molar-refractivity contribution in [2.24, 2.45) is 18.9 Å². The van der Waals surface area contributed by atoms with Crippen LogP contribution in [0.2, 0.25) is 0 Å². The van der Waals surface area contributed by atoms with Gasteiger partial charge in [0.05, 0.1) is 11.2 Å². The molecule has 0 spiro atoms. The fourth-order valence-corrected chi connectivity index (χ4v) is 3.77. The van der Waals surface area contributed by atoms with Crippen LogP contribution in [0.25, 0.3) is 10.9 Å². The van der Waals surface area contributed by atoms with Gasteiger partial charge in [0, 0.05) is 24.9 Å². The summed E-state index contributed by atoms with van der Waals surface area (Å²) in [7, 11) is 4.14. The summed E-state index contributed by atoms with van der Waals surface area (Å²) in [6.45, 7) is 2.38. The number of aryl methyl sites for hydroxylation is 1. The third kappa shape index (κ3) is 2.47. The molecule has 20 heavy (non-hydrogen) atoms. The highest BCUT2D eigenvalue weighted by Crippen LogP contribution is 2.34. The van der Waals surface area contributed by atoms with E-state index in [1.165, 1.54) is 35.9 Å². The zero-order chi connectivity index (χ0) is 14.1. The maximum atomic E-state index is 4.74. The van der Waals surface area contributed by atoms with Crippen LogP contribution in [0.5, 0.6) is 0 Å². The number of hydrogen-bond donors (Lipinski definition) is 1. The van der Waals surface area contributed by atoms with Gasteiger partial charge in [0.25, 0.3) is 0 Å². The summed E-state index contributed by atoms with van der Waals surface area (Å²) in [6, 6.07) is 9.10. The molecule has 0 saturated heterocycles. The molecule has 0 bridgehead atoms. The number of likely N-dealkylation sites (N-methyl/N-ethyl adjacent to an activating group) is 1. The third-order valence-electron chi connectivity index (χ3n) is 4.92. The van der Waals surface area contributed by atoms with Gasteiger partial charge < -0.3 is 5.32 Å². The van der Waals surface area contributed by atoms with E-state index in [1.807, 2.05) is 11.7 Å². The molecule has 1 aliphatic rings. The highest BCUT2D eigenvalue weighted by molar-refractivity contribution is 5.81. The van der Waals surface area contributed by atoms with Gasteiger partial charge in [-0.1, -0.05) is 31.5 Å². The quantitative estimate of drug-likeness (QED) is 0.926. The first-order valence-electron chi connectivity index (χ1n) is 7.77. The number of aromatic nitrogens is 2. The van der Waals surface area contributed by atoms with Crippen LogP contribution in [0.15, 0.2) is 24.3 Å². The standard InChI is InChI=1S/C17H25N3/c1-12-8-9-13(10-12)15(18-2)11-16-14-6-4-5-7-17(14)20(3)19-16/h4-7,12-13,15,18H,8-11H2,1-3H3. The van der Waals surface area contributed by atoms with Crippen molar-refractivity contribution in [1.82, 2.24) is 15.1 Å². The highest BCUT2D eigenvalue weighted by Gasteiger charge is 2.28. The van der Waals surface area contributed by atoms with Crippen molar-refractivity contribution >= 4 is 10.9 Å². The van der Waals surface area contributed by atoms with Gasteiger partial charge in [-0.05, 0) is 37.8 Å². The van der Waals surface area contributed by atoms with Crippen molar-refractivity contribution in [3.63, 3.8) is 0 Å². The van der Waals surface area contributed by atoms with Gasteiger partial charge in [0.15, 0.2) is 0 Å². The van der Waals surface area contributed by atoms with Gasteiger partial charge in [-0.3, -0.25) is 4.68 Å². The van der Waals surface area contributed by atoms with E-state index in [0.29, 0.717) is 6.04 Å². The Balaban J connectivity index is 1.84. The van der Waals surface area contributed by atoms with E-state index in [2.05, 4.69) is 43.6 Å². The molecule has 0 aliphatic heterocycles. The molecule has 1 fully saturated rings. The Kier molecular flexibility index (Phi) is 3.79. The minimum absolute atomic E-state index is 0.554. The molecule has 3 rings (SSSR count). The lowest BCUT2D eigenvalue weighted by molar-refractivity contribution is 0.365. The normalized spacial score (nSPS) is 24.4. The maximum Gasteiger partial charge on any atom is 0.0718 e. The van der Waals surface area contributed by atoms with E-state index in [4.69, 9.17) is 5.10 Å². The van der Waals surface area contributed by atoms with Gasteiger partial charge in [-0.15, -0.1) is 0 Å². The molecule has 1 aromatic heterocycles. The summed E-state index contributed by atoms with van der Waals surface area (Å²) in [5, 5.41) is 9.59. The Hall–Kier alpha value is -1.35. The third-order valence-corrected chi connectivity index (χ3v) is 4.92. The van der Waals surface area contributed by atoms with Crippen molar-refractivity contribution in [2.45, 2.75) is 38.6 Å². The molecule has 108 valence electrons. The smallest absolute Gasteiger partial charge is 0.0718 e. The summed E-state index contributed by atoms with van der Waals surface area (Å²) in [4.78, 5) is 0. The number of hydrogen-bond acceptors (Lipinski definition) is 2. The first kappa shape index (κ1) is 13.6. The molecule has 1 heterocycles. The van der Waals surface area contributed by atoms with Gasteiger partial charge in [0.1, 0.15) is 0 Å². The van der Waals surface area contributed by atoms with E-state index in [1.54, 1.807) is 0 Å². The number of benzene rings is 1. The lowest BCUT2D eigenvalue weighted by Crippen LogP contribution is -2.34. The zero-order valence-corrected chi connectivity index (χ0v) is 12.8. The molecule has 1 N–H and O–H groups in total. The average Bonchev–Trinajstić information content (AvgIpc) is 3.01. The molecule has 3 atom stereocenters. The van der Waals surface area contributed by atoms with Crippen LogP contribution in [-0.4, -0.2) is 22.9 Å². The van der Waals surface area contributed by atoms with E-state index in [0.717, 1.165) is 18.3 Å². The topological polar surface area (TPSA) is 29.9 Å². The molecule has 2 aromatic rings. The van der Waals surface area contributed by atoms with Crippen molar-refractivity contribution < 1.29 is 0 Å². The Morgan fingerprint density at radius 3 is 2.85 bits per heavy atom. The second kappa shape index (κ2) is 5.57. The molecule has 1 aliphatic carbocycles. The van der Waals surface area contributed by atoms with Crippen molar-refractivity contribution in [2.75, 3.05) is 7.05 Å². The number of fused-ring (bicyclic) bond motifs is 1. The predicted octanol–water partition coefficient (Wildman–Crippen LogP) is 3.14. The summed E-state index contributed by atoms with van der Waals surface area (Å²) in [5.41, 5.74) is 2.47. The van der Waals surface area contributed by atoms with Crippen LogP contribution < -0.4 is 5.32 Å². The van der Waals surface area contributed by atoms with Crippen LogP contribution in [0.4, 0.5) is 0 Å². The summed E-state index contributed by atoms with van der Waals surface area (Å²) in [5.74, 6) is 1.69. The monoisotopic (exact) mass is 271 g/mol. The summed E-state index contributed by atoms with van der Waals surface area (Å²) in [6.07, 6.45) is 5.13. The van der Waals surface area contributed by atoms with Gasteiger partial charge >= 0.3 is 0 Å². The number of rotatable bonds is 4. The van der Waals surface area contributed by atoms with Gasteiger partial charge in [-0.25, -0.2) is 0 Å². The Bertz CT molecular complexity index is 587. The molecule has 1 aromatic carbocycles. The minimum atomic E-state index is 0.554. The van der Waals surface area contributed by atoms with Gasteiger partial charge in [-0.2, -0.15) is 5.10 Å². The number of nitrogens with zero attached hydrogens (tertiary/aromatic N) is 2. The fraction of sp³-hybridized carbons (Fsp3) is 0.588. The van der Waals surface area contributed by atoms with E-state index < -0.39 is 0 Å². The van der Waals surface area contributed by atoms with E-state index >= 15 is 0 Å². The minimum Gasteiger partial charge on any atom is -0.316 e.